The van der Waals surface area contributed by atoms with Gasteiger partial charge in [-0.05, 0) is 42.9 Å². The van der Waals surface area contributed by atoms with E-state index in [2.05, 4.69) is 23.7 Å². The van der Waals surface area contributed by atoms with Crippen LogP contribution in [0, 0.1) is 5.92 Å². The van der Waals surface area contributed by atoms with Crippen LogP contribution in [0.15, 0.2) is 23.2 Å². The predicted octanol–water partition coefficient (Wildman–Crippen LogP) is 3.65. The number of hydrogen-bond donors (Lipinski definition) is 1. The predicted molar refractivity (Wildman–Crippen MR) is 109 cm³/mol. The van der Waals surface area contributed by atoms with Gasteiger partial charge in [-0.25, -0.2) is 4.99 Å². The number of halogens is 1. The standard InChI is InChI=1S/C18H29N3O2.HI/c1-4-11-23-16-6-5-15(12-17(16)22-3)13-20-18(19)21-9-7-14(2)8-10-21;/h5-6,12,14H,4,7-11,13H2,1-3H3,(H2,19,20);1H. The van der Waals surface area contributed by atoms with Crippen molar-refractivity contribution in [3.05, 3.63) is 23.8 Å². The van der Waals surface area contributed by atoms with Crippen LogP contribution in [0.1, 0.15) is 38.7 Å². The first-order valence-electron chi connectivity index (χ1n) is 8.48. The van der Waals surface area contributed by atoms with Gasteiger partial charge < -0.3 is 20.1 Å². The number of likely N-dealkylation sites (tertiary alicyclic amines) is 1. The molecule has 6 heteroatoms. The molecule has 136 valence electrons. The fourth-order valence-corrected chi connectivity index (χ4v) is 2.65. The molecule has 1 aliphatic rings. The van der Waals surface area contributed by atoms with Crippen molar-refractivity contribution in [2.45, 2.75) is 39.7 Å². The zero-order chi connectivity index (χ0) is 16.7. The Morgan fingerprint density at radius 3 is 2.62 bits per heavy atom. The highest BCUT2D eigenvalue weighted by molar-refractivity contribution is 14.0. The van der Waals surface area contributed by atoms with E-state index in [-0.39, 0.29) is 24.0 Å². The Hall–Kier alpha value is -1.18. The summed E-state index contributed by atoms with van der Waals surface area (Å²) in [6.07, 6.45) is 3.35. The summed E-state index contributed by atoms with van der Waals surface area (Å²) in [7, 11) is 1.66. The van der Waals surface area contributed by atoms with Gasteiger partial charge in [-0.3, -0.25) is 0 Å². The lowest BCUT2D eigenvalue weighted by Gasteiger charge is -2.31. The molecule has 1 aliphatic heterocycles. The Bertz CT molecular complexity index is 529. The van der Waals surface area contributed by atoms with Gasteiger partial charge in [-0.15, -0.1) is 24.0 Å². The minimum atomic E-state index is 0. The van der Waals surface area contributed by atoms with Gasteiger partial charge in [-0.2, -0.15) is 0 Å². The van der Waals surface area contributed by atoms with Gasteiger partial charge in [-0.1, -0.05) is 19.9 Å². The summed E-state index contributed by atoms with van der Waals surface area (Å²) in [5, 5.41) is 0. The third-order valence-corrected chi connectivity index (χ3v) is 4.22. The van der Waals surface area contributed by atoms with Crippen LogP contribution < -0.4 is 15.2 Å². The minimum Gasteiger partial charge on any atom is -0.493 e. The van der Waals surface area contributed by atoms with E-state index in [1.54, 1.807) is 7.11 Å². The molecule has 1 fully saturated rings. The van der Waals surface area contributed by atoms with Gasteiger partial charge in [0, 0.05) is 13.1 Å². The van der Waals surface area contributed by atoms with E-state index in [1.807, 2.05) is 18.2 Å². The minimum absolute atomic E-state index is 0. The second-order valence-corrected chi connectivity index (χ2v) is 6.18. The number of benzene rings is 1. The zero-order valence-corrected chi connectivity index (χ0v) is 17.3. The summed E-state index contributed by atoms with van der Waals surface area (Å²) >= 11 is 0. The lowest BCUT2D eigenvalue weighted by atomic mass is 10.00. The van der Waals surface area contributed by atoms with Gasteiger partial charge in [0.1, 0.15) is 0 Å². The number of piperidine rings is 1. The van der Waals surface area contributed by atoms with Crippen molar-refractivity contribution in [1.29, 1.82) is 0 Å². The Morgan fingerprint density at radius 1 is 1.29 bits per heavy atom. The largest absolute Gasteiger partial charge is 0.493 e. The maximum absolute atomic E-state index is 6.13. The molecule has 1 aromatic rings. The smallest absolute Gasteiger partial charge is 0.191 e. The van der Waals surface area contributed by atoms with E-state index in [4.69, 9.17) is 15.2 Å². The summed E-state index contributed by atoms with van der Waals surface area (Å²) in [6.45, 7) is 7.63. The molecule has 24 heavy (non-hydrogen) atoms. The summed E-state index contributed by atoms with van der Waals surface area (Å²) in [5.41, 5.74) is 7.20. The number of ether oxygens (including phenoxy) is 2. The molecular formula is C18H30IN3O2. The molecule has 1 saturated heterocycles. The highest BCUT2D eigenvalue weighted by atomic mass is 127. The molecule has 0 aromatic heterocycles. The second kappa shape index (κ2) is 10.6. The molecule has 0 unspecified atom stereocenters. The maximum atomic E-state index is 6.13. The molecule has 0 aliphatic carbocycles. The molecule has 0 saturated carbocycles. The first-order valence-corrected chi connectivity index (χ1v) is 8.48. The first-order chi connectivity index (χ1) is 11.1. The average Bonchev–Trinajstić information content (AvgIpc) is 2.58. The number of nitrogens with zero attached hydrogens (tertiary/aromatic N) is 2. The Morgan fingerprint density at radius 2 is 2.00 bits per heavy atom. The molecule has 2 rings (SSSR count). The molecule has 5 nitrogen and oxygen atoms in total. The Balaban J connectivity index is 0.00000288. The zero-order valence-electron chi connectivity index (χ0n) is 15.0. The number of aliphatic imine (C=N–C) groups is 1. The lowest BCUT2D eigenvalue weighted by Crippen LogP contribution is -2.42. The monoisotopic (exact) mass is 447 g/mol. The number of guanidine groups is 1. The molecule has 1 heterocycles. The van der Waals surface area contributed by atoms with Gasteiger partial charge in [0.15, 0.2) is 17.5 Å². The highest BCUT2D eigenvalue weighted by Gasteiger charge is 2.16. The molecule has 1 aromatic carbocycles. The van der Waals surface area contributed by atoms with E-state index in [1.165, 1.54) is 12.8 Å². The summed E-state index contributed by atoms with van der Waals surface area (Å²) in [5.74, 6) is 2.96. The molecule has 0 atom stereocenters. The first kappa shape index (κ1) is 20.9. The van der Waals surface area contributed by atoms with Crippen LogP contribution in [0.4, 0.5) is 0 Å². The fraction of sp³-hybridized carbons (Fsp3) is 0.611. The van der Waals surface area contributed by atoms with E-state index >= 15 is 0 Å². The van der Waals surface area contributed by atoms with Crippen molar-refractivity contribution in [1.82, 2.24) is 4.90 Å². The van der Waals surface area contributed by atoms with E-state index in [0.717, 1.165) is 42.5 Å². The van der Waals surface area contributed by atoms with Crippen molar-refractivity contribution >= 4 is 29.9 Å². The number of nitrogens with two attached hydrogens (primary N) is 1. The van der Waals surface area contributed by atoms with E-state index in [0.29, 0.717) is 19.1 Å². The molecule has 0 spiro atoms. The normalized spacial score (nSPS) is 15.8. The quantitative estimate of drug-likeness (QED) is 0.411. The Labute approximate surface area is 162 Å². The van der Waals surface area contributed by atoms with Crippen LogP contribution in [-0.2, 0) is 6.54 Å². The van der Waals surface area contributed by atoms with Crippen molar-refractivity contribution in [3.8, 4) is 11.5 Å². The van der Waals surface area contributed by atoms with Crippen LogP contribution in [0.2, 0.25) is 0 Å². The number of rotatable bonds is 6. The second-order valence-electron chi connectivity index (χ2n) is 6.18. The van der Waals surface area contributed by atoms with Crippen molar-refractivity contribution in [2.24, 2.45) is 16.6 Å². The maximum Gasteiger partial charge on any atom is 0.191 e. The van der Waals surface area contributed by atoms with Crippen molar-refractivity contribution in [3.63, 3.8) is 0 Å². The molecule has 0 amide bonds. The molecule has 0 radical (unpaired) electrons. The molecule has 2 N–H and O–H groups in total. The lowest BCUT2D eigenvalue weighted by molar-refractivity contribution is 0.277. The summed E-state index contributed by atoms with van der Waals surface area (Å²) < 4.78 is 11.1. The van der Waals surface area contributed by atoms with Crippen LogP contribution in [-0.4, -0.2) is 37.7 Å². The summed E-state index contributed by atoms with van der Waals surface area (Å²) in [6, 6.07) is 5.93. The van der Waals surface area contributed by atoms with Gasteiger partial charge in [0.05, 0.1) is 20.3 Å². The van der Waals surface area contributed by atoms with E-state index < -0.39 is 0 Å². The third-order valence-electron chi connectivity index (χ3n) is 4.22. The van der Waals surface area contributed by atoms with Crippen LogP contribution in [0.5, 0.6) is 11.5 Å². The van der Waals surface area contributed by atoms with Crippen molar-refractivity contribution in [2.75, 3.05) is 26.8 Å². The summed E-state index contributed by atoms with van der Waals surface area (Å²) in [4.78, 5) is 6.71. The van der Waals surface area contributed by atoms with Crippen molar-refractivity contribution < 1.29 is 9.47 Å². The number of hydrogen-bond acceptors (Lipinski definition) is 3. The highest BCUT2D eigenvalue weighted by Crippen LogP contribution is 2.28. The molecular weight excluding hydrogens is 417 g/mol. The van der Waals surface area contributed by atoms with Gasteiger partial charge >= 0.3 is 0 Å². The third kappa shape index (κ3) is 6.03. The van der Waals surface area contributed by atoms with Gasteiger partial charge in [0.2, 0.25) is 0 Å². The topological polar surface area (TPSA) is 60.1 Å². The SMILES string of the molecule is CCCOc1ccc(CN=C(N)N2CCC(C)CC2)cc1OC.I. The van der Waals surface area contributed by atoms with E-state index in [9.17, 15) is 0 Å². The van der Waals surface area contributed by atoms with Crippen LogP contribution in [0.3, 0.4) is 0 Å². The van der Waals surface area contributed by atoms with Gasteiger partial charge in [0.25, 0.3) is 0 Å². The average molecular weight is 447 g/mol. The molecule has 0 bridgehead atoms. The van der Waals surface area contributed by atoms with Crippen LogP contribution >= 0.6 is 24.0 Å². The van der Waals surface area contributed by atoms with Crippen LogP contribution in [0.25, 0.3) is 0 Å². The number of methoxy groups -OCH3 is 1. The Kier molecular flexibility index (Phi) is 9.25. The fourth-order valence-electron chi connectivity index (χ4n) is 2.65.